The molecule has 0 aliphatic heterocycles. The quantitative estimate of drug-likeness (QED) is 0.756. The number of hydrogen-bond acceptors (Lipinski definition) is 5. The fourth-order valence-corrected chi connectivity index (χ4v) is 2.45. The van der Waals surface area contributed by atoms with Crippen LogP contribution in [0.2, 0.25) is 0 Å². The molecule has 2 aromatic heterocycles. The van der Waals surface area contributed by atoms with E-state index in [2.05, 4.69) is 49.8 Å². The smallest absolute Gasteiger partial charge is 0.180 e. The van der Waals surface area contributed by atoms with Crippen molar-refractivity contribution in [3.63, 3.8) is 0 Å². The molecule has 0 aliphatic carbocycles. The van der Waals surface area contributed by atoms with Gasteiger partial charge in [-0.3, -0.25) is 4.98 Å². The summed E-state index contributed by atoms with van der Waals surface area (Å²) in [6.45, 7) is 5.49. The number of halogens is 1. The molecule has 1 N–H and O–H groups in total. The summed E-state index contributed by atoms with van der Waals surface area (Å²) in [5.74, 6) is 1.47. The SMILES string of the molecule is CCCNc1nc(-c2cc(C)ccn2)nc(COC)c1I. The molecule has 0 radical (unpaired) electrons. The first-order valence-electron chi connectivity index (χ1n) is 6.88. The van der Waals surface area contributed by atoms with Crippen molar-refractivity contribution in [1.29, 1.82) is 0 Å². The van der Waals surface area contributed by atoms with E-state index in [0.717, 1.165) is 39.3 Å². The van der Waals surface area contributed by atoms with Crippen LogP contribution < -0.4 is 5.32 Å². The number of aromatic nitrogens is 3. The first kappa shape index (κ1) is 16.1. The third-order valence-electron chi connectivity index (χ3n) is 2.89. The topological polar surface area (TPSA) is 59.9 Å². The maximum absolute atomic E-state index is 5.24. The van der Waals surface area contributed by atoms with Crippen LogP contribution in [0.5, 0.6) is 0 Å². The van der Waals surface area contributed by atoms with Gasteiger partial charge in [0.15, 0.2) is 5.82 Å². The minimum absolute atomic E-state index is 0.459. The first-order valence-corrected chi connectivity index (χ1v) is 7.95. The number of ether oxygens (including phenoxy) is 1. The molecule has 0 fully saturated rings. The Labute approximate surface area is 138 Å². The molecule has 0 spiro atoms. The number of methoxy groups -OCH3 is 1. The van der Waals surface area contributed by atoms with Crippen molar-refractivity contribution in [3.8, 4) is 11.5 Å². The Kier molecular flexibility index (Phi) is 5.86. The van der Waals surface area contributed by atoms with E-state index in [0.29, 0.717) is 12.4 Å². The number of pyridine rings is 1. The van der Waals surface area contributed by atoms with Crippen LogP contribution in [-0.2, 0) is 11.3 Å². The molecule has 0 saturated carbocycles. The van der Waals surface area contributed by atoms with E-state index in [1.54, 1.807) is 13.3 Å². The van der Waals surface area contributed by atoms with Gasteiger partial charge in [-0.25, -0.2) is 9.97 Å². The Balaban J connectivity index is 2.47. The molecule has 0 aliphatic rings. The minimum Gasteiger partial charge on any atom is -0.378 e. The van der Waals surface area contributed by atoms with Crippen LogP contribution in [0, 0.1) is 10.5 Å². The lowest BCUT2D eigenvalue weighted by Gasteiger charge is -2.12. The van der Waals surface area contributed by atoms with E-state index in [9.17, 15) is 0 Å². The van der Waals surface area contributed by atoms with Crippen molar-refractivity contribution in [1.82, 2.24) is 15.0 Å². The second kappa shape index (κ2) is 7.65. The molecule has 0 aromatic carbocycles. The van der Waals surface area contributed by atoms with Gasteiger partial charge in [-0.15, -0.1) is 0 Å². The van der Waals surface area contributed by atoms with Gasteiger partial charge in [0.1, 0.15) is 11.5 Å². The lowest BCUT2D eigenvalue weighted by atomic mass is 10.2. The molecular formula is C15H19IN4O. The Morgan fingerprint density at radius 1 is 1.33 bits per heavy atom. The van der Waals surface area contributed by atoms with Crippen LogP contribution in [0.25, 0.3) is 11.5 Å². The van der Waals surface area contributed by atoms with Crippen molar-refractivity contribution < 1.29 is 4.74 Å². The maximum Gasteiger partial charge on any atom is 0.180 e. The summed E-state index contributed by atoms with van der Waals surface area (Å²) < 4.78 is 6.24. The van der Waals surface area contributed by atoms with Crippen LogP contribution in [0.4, 0.5) is 5.82 Å². The first-order chi connectivity index (χ1) is 10.2. The van der Waals surface area contributed by atoms with Gasteiger partial charge in [0.05, 0.1) is 15.9 Å². The lowest BCUT2D eigenvalue weighted by molar-refractivity contribution is 0.181. The number of anilines is 1. The summed E-state index contributed by atoms with van der Waals surface area (Å²) in [6.07, 6.45) is 2.82. The highest BCUT2D eigenvalue weighted by atomic mass is 127. The largest absolute Gasteiger partial charge is 0.378 e. The van der Waals surface area contributed by atoms with Crippen LogP contribution in [0.1, 0.15) is 24.6 Å². The molecule has 6 heteroatoms. The van der Waals surface area contributed by atoms with Gasteiger partial charge in [0.25, 0.3) is 0 Å². The monoisotopic (exact) mass is 398 g/mol. The minimum atomic E-state index is 0.459. The van der Waals surface area contributed by atoms with Gasteiger partial charge < -0.3 is 10.1 Å². The highest BCUT2D eigenvalue weighted by Gasteiger charge is 2.14. The van der Waals surface area contributed by atoms with Crippen LogP contribution in [-0.4, -0.2) is 28.6 Å². The van der Waals surface area contributed by atoms with E-state index >= 15 is 0 Å². The zero-order chi connectivity index (χ0) is 15.2. The molecular weight excluding hydrogens is 379 g/mol. The van der Waals surface area contributed by atoms with E-state index < -0.39 is 0 Å². The van der Waals surface area contributed by atoms with Gasteiger partial charge >= 0.3 is 0 Å². The van der Waals surface area contributed by atoms with Crippen molar-refractivity contribution >= 4 is 28.4 Å². The van der Waals surface area contributed by atoms with E-state index in [1.807, 2.05) is 19.1 Å². The number of nitrogens with one attached hydrogen (secondary N) is 1. The zero-order valence-corrected chi connectivity index (χ0v) is 14.6. The highest BCUT2D eigenvalue weighted by Crippen LogP contribution is 2.24. The van der Waals surface area contributed by atoms with Gasteiger partial charge in [-0.1, -0.05) is 6.92 Å². The molecule has 0 bridgehead atoms. The maximum atomic E-state index is 5.24. The molecule has 112 valence electrons. The van der Waals surface area contributed by atoms with E-state index in [1.165, 1.54) is 0 Å². The van der Waals surface area contributed by atoms with Crippen molar-refractivity contribution in [3.05, 3.63) is 33.2 Å². The van der Waals surface area contributed by atoms with Crippen molar-refractivity contribution in [2.75, 3.05) is 19.0 Å². The van der Waals surface area contributed by atoms with Crippen molar-refractivity contribution in [2.24, 2.45) is 0 Å². The Morgan fingerprint density at radius 3 is 2.81 bits per heavy atom. The fourth-order valence-electron chi connectivity index (χ4n) is 1.86. The number of rotatable bonds is 6. The predicted octanol–water partition coefficient (Wildman–Crippen LogP) is 3.42. The fraction of sp³-hybridized carbons (Fsp3) is 0.400. The molecule has 5 nitrogen and oxygen atoms in total. The van der Waals surface area contributed by atoms with Crippen LogP contribution >= 0.6 is 22.6 Å². The Hall–Kier alpha value is -1.28. The summed E-state index contributed by atoms with van der Waals surface area (Å²) in [5.41, 5.74) is 2.80. The number of nitrogens with zero attached hydrogens (tertiary/aromatic N) is 3. The molecule has 21 heavy (non-hydrogen) atoms. The zero-order valence-electron chi connectivity index (χ0n) is 12.5. The van der Waals surface area contributed by atoms with Gasteiger partial charge in [-0.2, -0.15) is 0 Å². The Bertz CT molecular complexity index is 619. The Morgan fingerprint density at radius 2 is 2.14 bits per heavy atom. The second-order valence-corrected chi connectivity index (χ2v) is 5.81. The molecule has 2 rings (SSSR count). The third-order valence-corrected chi connectivity index (χ3v) is 4.02. The molecule has 2 heterocycles. The molecule has 0 unspecified atom stereocenters. The number of aryl methyl sites for hydroxylation is 1. The number of hydrogen-bond donors (Lipinski definition) is 1. The van der Waals surface area contributed by atoms with E-state index in [4.69, 9.17) is 4.74 Å². The van der Waals surface area contributed by atoms with Gasteiger partial charge in [-0.05, 0) is 53.6 Å². The van der Waals surface area contributed by atoms with Crippen LogP contribution in [0.3, 0.4) is 0 Å². The molecule has 0 atom stereocenters. The highest BCUT2D eigenvalue weighted by molar-refractivity contribution is 14.1. The second-order valence-electron chi connectivity index (χ2n) is 4.73. The third kappa shape index (κ3) is 4.10. The van der Waals surface area contributed by atoms with E-state index in [-0.39, 0.29) is 0 Å². The van der Waals surface area contributed by atoms with Gasteiger partial charge in [0.2, 0.25) is 0 Å². The summed E-state index contributed by atoms with van der Waals surface area (Å²) in [6, 6.07) is 3.95. The van der Waals surface area contributed by atoms with Gasteiger partial charge in [0, 0.05) is 19.9 Å². The van der Waals surface area contributed by atoms with Crippen molar-refractivity contribution in [2.45, 2.75) is 26.9 Å². The molecule has 0 amide bonds. The molecule has 2 aromatic rings. The standard InChI is InChI=1S/C15H19IN4O/c1-4-6-18-15-13(16)12(9-21-3)19-14(20-15)11-8-10(2)5-7-17-11/h5,7-8H,4,6,9H2,1-3H3,(H,18,19,20). The summed E-state index contributed by atoms with van der Waals surface area (Å²) in [5, 5.41) is 3.34. The lowest BCUT2D eigenvalue weighted by Crippen LogP contribution is -2.10. The van der Waals surface area contributed by atoms with Crippen LogP contribution in [0.15, 0.2) is 18.3 Å². The summed E-state index contributed by atoms with van der Waals surface area (Å²) in [4.78, 5) is 13.6. The average Bonchev–Trinajstić information content (AvgIpc) is 2.48. The summed E-state index contributed by atoms with van der Waals surface area (Å²) in [7, 11) is 1.67. The summed E-state index contributed by atoms with van der Waals surface area (Å²) >= 11 is 2.26. The predicted molar refractivity (Wildman–Crippen MR) is 92.2 cm³/mol. The molecule has 0 saturated heterocycles. The average molecular weight is 398 g/mol. The normalized spacial score (nSPS) is 10.7.